The van der Waals surface area contributed by atoms with Crippen LogP contribution in [0.1, 0.15) is 13.3 Å². The molecule has 1 rings (SSSR count). The summed E-state index contributed by atoms with van der Waals surface area (Å²) in [6.45, 7) is 10.1. The summed E-state index contributed by atoms with van der Waals surface area (Å²) in [6.07, 6.45) is 3.08. The Bertz CT molecular complexity index is 181. The predicted molar refractivity (Wildman–Crippen MR) is 61.3 cm³/mol. The maximum Gasteiger partial charge on any atom is 0.0241 e. The molecule has 0 bridgehead atoms. The Morgan fingerprint density at radius 2 is 2.21 bits per heavy atom. The lowest BCUT2D eigenvalue weighted by atomic mass is 10.0. The summed E-state index contributed by atoms with van der Waals surface area (Å²) in [5, 5.41) is 0. The molecule has 1 saturated heterocycles. The van der Waals surface area contributed by atoms with Gasteiger partial charge in [0.25, 0.3) is 0 Å². The van der Waals surface area contributed by atoms with Gasteiger partial charge in [0, 0.05) is 31.7 Å². The lowest BCUT2D eigenvalue weighted by Crippen LogP contribution is -2.56. The summed E-state index contributed by atoms with van der Waals surface area (Å²) in [4.78, 5) is 4.91. The SMILES string of the molecule is C=CCN1C(C)CN(C)CC1CCN. The van der Waals surface area contributed by atoms with Crippen molar-refractivity contribution < 1.29 is 0 Å². The molecule has 0 aromatic carbocycles. The first-order valence-electron chi connectivity index (χ1n) is 5.44. The van der Waals surface area contributed by atoms with E-state index in [1.54, 1.807) is 0 Å². The van der Waals surface area contributed by atoms with Gasteiger partial charge in [0.1, 0.15) is 0 Å². The quantitative estimate of drug-likeness (QED) is 0.667. The number of rotatable bonds is 4. The molecule has 2 N–H and O–H groups in total. The minimum atomic E-state index is 0.603. The van der Waals surface area contributed by atoms with Crippen molar-refractivity contribution >= 4 is 0 Å². The van der Waals surface area contributed by atoms with E-state index >= 15 is 0 Å². The molecule has 0 aliphatic carbocycles. The van der Waals surface area contributed by atoms with Crippen LogP contribution in [-0.4, -0.2) is 55.1 Å². The van der Waals surface area contributed by atoms with Gasteiger partial charge in [-0.3, -0.25) is 4.90 Å². The fourth-order valence-corrected chi connectivity index (χ4v) is 2.38. The number of piperazine rings is 1. The molecule has 14 heavy (non-hydrogen) atoms. The number of nitrogens with zero attached hydrogens (tertiary/aromatic N) is 2. The lowest BCUT2D eigenvalue weighted by Gasteiger charge is -2.44. The third kappa shape index (κ3) is 2.80. The van der Waals surface area contributed by atoms with Crippen molar-refractivity contribution in [3.05, 3.63) is 12.7 Å². The Balaban J connectivity index is 2.59. The molecular formula is C11H23N3. The third-order valence-electron chi connectivity index (χ3n) is 2.97. The molecular weight excluding hydrogens is 174 g/mol. The highest BCUT2D eigenvalue weighted by Gasteiger charge is 2.28. The van der Waals surface area contributed by atoms with Crippen molar-refractivity contribution in [2.75, 3.05) is 33.2 Å². The van der Waals surface area contributed by atoms with Gasteiger partial charge in [0.2, 0.25) is 0 Å². The number of hydrogen-bond acceptors (Lipinski definition) is 3. The van der Waals surface area contributed by atoms with Gasteiger partial charge in [-0.05, 0) is 26.9 Å². The summed E-state index contributed by atoms with van der Waals surface area (Å²) < 4.78 is 0. The van der Waals surface area contributed by atoms with Crippen LogP contribution in [0, 0.1) is 0 Å². The minimum Gasteiger partial charge on any atom is -0.330 e. The van der Waals surface area contributed by atoms with E-state index in [1.807, 2.05) is 6.08 Å². The molecule has 0 aromatic rings. The Kier molecular flexibility index (Phi) is 4.58. The molecule has 3 heteroatoms. The van der Waals surface area contributed by atoms with Crippen LogP contribution in [0.2, 0.25) is 0 Å². The van der Waals surface area contributed by atoms with Crippen LogP contribution in [0.25, 0.3) is 0 Å². The summed E-state index contributed by atoms with van der Waals surface area (Å²) in [5.74, 6) is 0. The molecule has 0 amide bonds. The van der Waals surface area contributed by atoms with Gasteiger partial charge in [-0.25, -0.2) is 0 Å². The number of likely N-dealkylation sites (N-methyl/N-ethyl adjacent to an activating group) is 1. The van der Waals surface area contributed by atoms with Gasteiger partial charge in [-0.1, -0.05) is 6.08 Å². The molecule has 82 valence electrons. The van der Waals surface area contributed by atoms with Crippen molar-refractivity contribution in [2.45, 2.75) is 25.4 Å². The second kappa shape index (κ2) is 5.49. The smallest absolute Gasteiger partial charge is 0.0241 e. The normalized spacial score (nSPS) is 30.5. The lowest BCUT2D eigenvalue weighted by molar-refractivity contribution is 0.0506. The van der Waals surface area contributed by atoms with Gasteiger partial charge >= 0.3 is 0 Å². The third-order valence-corrected chi connectivity index (χ3v) is 2.97. The Hall–Kier alpha value is -0.380. The maximum absolute atomic E-state index is 5.64. The zero-order valence-corrected chi connectivity index (χ0v) is 9.45. The van der Waals surface area contributed by atoms with E-state index in [1.165, 1.54) is 0 Å². The molecule has 1 aliphatic heterocycles. The van der Waals surface area contributed by atoms with Crippen molar-refractivity contribution in [1.82, 2.24) is 9.80 Å². The first-order chi connectivity index (χ1) is 6.69. The van der Waals surface area contributed by atoms with Crippen LogP contribution >= 0.6 is 0 Å². The van der Waals surface area contributed by atoms with Crippen molar-refractivity contribution in [1.29, 1.82) is 0 Å². The van der Waals surface area contributed by atoms with Crippen LogP contribution in [0.3, 0.4) is 0 Å². The monoisotopic (exact) mass is 197 g/mol. The Morgan fingerprint density at radius 3 is 2.79 bits per heavy atom. The summed E-state index contributed by atoms with van der Waals surface area (Å²) in [6, 6.07) is 1.22. The van der Waals surface area contributed by atoms with Crippen molar-refractivity contribution in [2.24, 2.45) is 5.73 Å². The molecule has 0 aromatic heterocycles. The highest BCUT2D eigenvalue weighted by molar-refractivity contribution is 4.89. The highest BCUT2D eigenvalue weighted by Crippen LogP contribution is 2.16. The van der Waals surface area contributed by atoms with Gasteiger partial charge in [0.15, 0.2) is 0 Å². The second-order valence-corrected chi connectivity index (χ2v) is 4.29. The zero-order valence-electron chi connectivity index (χ0n) is 9.45. The molecule has 1 fully saturated rings. The van der Waals surface area contributed by atoms with E-state index < -0.39 is 0 Å². The predicted octanol–water partition coefficient (Wildman–Crippen LogP) is 0.526. The molecule has 2 atom stereocenters. The fourth-order valence-electron chi connectivity index (χ4n) is 2.38. The van der Waals surface area contributed by atoms with Crippen LogP contribution in [-0.2, 0) is 0 Å². The topological polar surface area (TPSA) is 32.5 Å². The number of hydrogen-bond donors (Lipinski definition) is 1. The minimum absolute atomic E-state index is 0.603. The van der Waals surface area contributed by atoms with Crippen LogP contribution in [0.4, 0.5) is 0 Å². The van der Waals surface area contributed by atoms with E-state index in [2.05, 4.69) is 30.4 Å². The zero-order chi connectivity index (χ0) is 10.6. The summed E-state index contributed by atoms with van der Waals surface area (Å²) in [7, 11) is 2.19. The maximum atomic E-state index is 5.64. The van der Waals surface area contributed by atoms with Crippen LogP contribution in [0.5, 0.6) is 0 Å². The van der Waals surface area contributed by atoms with Crippen LogP contribution in [0.15, 0.2) is 12.7 Å². The van der Waals surface area contributed by atoms with Gasteiger partial charge in [0.05, 0.1) is 0 Å². The molecule has 3 nitrogen and oxygen atoms in total. The van der Waals surface area contributed by atoms with E-state index in [0.29, 0.717) is 12.1 Å². The van der Waals surface area contributed by atoms with Gasteiger partial charge in [-0.15, -0.1) is 6.58 Å². The first kappa shape index (κ1) is 11.7. The summed E-state index contributed by atoms with van der Waals surface area (Å²) >= 11 is 0. The van der Waals surface area contributed by atoms with Crippen molar-refractivity contribution in [3.8, 4) is 0 Å². The average Bonchev–Trinajstić information content (AvgIpc) is 2.11. The molecule has 0 saturated carbocycles. The Morgan fingerprint density at radius 1 is 1.50 bits per heavy atom. The summed E-state index contributed by atoms with van der Waals surface area (Å²) in [5.41, 5.74) is 5.64. The second-order valence-electron chi connectivity index (χ2n) is 4.29. The Labute approximate surface area is 87.6 Å². The van der Waals surface area contributed by atoms with E-state index in [0.717, 1.165) is 32.6 Å². The van der Waals surface area contributed by atoms with Gasteiger partial charge in [-0.2, -0.15) is 0 Å². The molecule has 0 spiro atoms. The highest BCUT2D eigenvalue weighted by atomic mass is 15.3. The average molecular weight is 197 g/mol. The molecule has 1 heterocycles. The first-order valence-corrected chi connectivity index (χ1v) is 5.44. The molecule has 0 radical (unpaired) electrons. The van der Waals surface area contributed by atoms with E-state index in [9.17, 15) is 0 Å². The molecule has 1 aliphatic rings. The van der Waals surface area contributed by atoms with E-state index in [4.69, 9.17) is 5.73 Å². The van der Waals surface area contributed by atoms with Crippen LogP contribution < -0.4 is 5.73 Å². The number of nitrogens with two attached hydrogens (primary N) is 1. The van der Waals surface area contributed by atoms with Gasteiger partial charge < -0.3 is 10.6 Å². The standard InChI is InChI=1S/C11H23N3/c1-4-7-14-10(2)8-13(3)9-11(14)5-6-12/h4,10-11H,1,5-9,12H2,2-3H3. The largest absolute Gasteiger partial charge is 0.330 e. The fraction of sp³-hybridized carbons (Fsp3) is 0.818. The molecule has 2 unspecified atom stereocenters. The van der Waals surface area contributed by atoms with E-state index in [-0.39, 0.29) is 0 Å². The van der Waals surface area contributed by atoms with Crippen molar-refractivity contribution in [3.63, 3.8) is 0 Å².